The van der Waals surface area contributed by atoms with Crippen molar-refractivity contribution in [1.29, 1.82) is 0 Å². The van der Waals surface area contributed by atoms with Gasteiger partial charge in [-0.15, -0.1) is 0 Å². The molecule has 5 heteroatoms. The molecule has 0 atom stereocenters. The molecule has 1 amide bonds. The summed E-state index contributed by atoms with van der Waals surface area (Å²) in [5, 5.41) is 2.61. The highest BCUT2D eigenvalue weighted by atomic mass is 19.4. The summed E-state index contributed by atoms with van der Waals surface area (Å²) in [5.41, 5.74) is -0.192. The Labute approximate surface area is 133 Å². The quantitative estimate of drug-likeness (QED) is 0.803. The minimum absolute atomic E-state index is 0.243. The number of alkyl halides is 3. The zero-order chi connectivity index (χ0) is 17.3. The summed E-state index contributed by atoms with van der Waals surface area (Å²) in [6.45, 7) is 5.92. The number of benzene rings is 2. The molecule has 0 aliphatic rings. The summed E-state index contributed by atoms with van der Waals surface area (Å²) < 4.78 is 39.1. The molecule has 0 aromatic heterocycles. The van der Waals surface area contributed by atoms with Gasteiger partial charge in [-0.25, -0.2) is 0 Å². The Balaban J connectivity index is 2.39. The maximum absolute atomic E-state index is 13.0. The van der Waals surface area contributed by atoms with Crippen LogP contribution in [0.5, 0.6) is 0 Å². The molecule has 0 aliphatic carbocycles. The van der Waals surface area contributed by atoms with Crippen molar-refractivity contribution in [3.05, 3.63) is 65.2 Å². The van der Waals surface area contributed by atoms with Crippen LogP contribution in [-0.4, -0.2) is 5.91 Å². The van der Waals surface area contributed by atoms with Gasteiger partial charge in [-0.1, -0.05) is 51.1 Å². The summed E-state index contributed by atoms with van der Waals surface area (Å²) in [5.74, 6) is -0.769. The van der Waals surface area contributed by atoms with Gasteiger partial charge in [-0.3, -0.25) is 4.79 Å². The van der Waals surface area contributed by atoms with Gasteiger partial charge in [0.1, 0.15) is 0 Å². The molecule has 0 bridgehead atoms. The second-order valence-electron chi connectivity index (χ2n) is 6.29. The van der Waals surface area contributed by atoms with Crippen molar-refractivity contribution < 1.29 is 18.0 Å². The highest BCUT2D eigenvalue weighted by molar-refractivity contribution is 6.05. The smallest absolute Gasteiger partial charge is 0.322 e. The van der Waals surface area contributed by atoms with Gasteiger partial charge in [0.2, 0.25) is 0 Å². The van der Waals surface area contributed by atoms with E-state index in [4.69, 9.17) is 0 Å². The van der Waals surface area contributed by atoms with Crippen molar-refractivity contribution in [3.63, 3.8) is 0 Å². The number of carbonyl (C=O) groups excluding carboxylic acids is 1. The van der Waals surface area contributed by atoms with Gasteiger partial charge in [0.15, 0.2) is 0 Å². The molecule has 2 aromatic carbocycles. The maximum Gasteiger partial charge on any atom is 0.417 e. The molecule has 0 unspecified atom stereocenters. The first kappa shape index (κ1) is 17.1. The molecule has 23 heavy (non-hydrogen) atoms. The third-order valence-electron chi connectivity index (χ3n) is 3.46. The average molecular weight is 321 g/mol. The van der Waals surface area contributed by atoms with Crippen LogP contribution in [0.3, 0.4) is 0 Å². The Morgan fingerprint density at radius 1 is 0.870 bits per heavy atom. The van der Waals surface area contributed by atoms with E-state index in [0.29, 0.717) is 5.69 Å². The Bertz CT molecular complexity index is 715. The van der Waals surface area contributed by atoms with Crippen LogP contribution in [0.1, 0.15) is 42.3 Å². The lowest BCUT2D eigenvalue weighted by molar-refractivity contribution is -0.137. The van der Waals surface area contributed by atoms with Crippen molar-refractivity contribution in [2.75, 3.05) is 5.32 Å². The standard InChI is InChI=1S/C18H18F3NO/c1-17(2,3)14-10-6-7-11-15(14)22-16(23)12-8-4-5-9-13(12)18(19,20)21/h4-11H,1-3H3,(H,22,23). The average Bonchev–Trinajstić information content (AvgIpc) is 2.46. The number of amides is 1. The van der Waals surface area contributed by atoms with Gasteiger partial charge >= 0.3 is 6.18 Å². The minimum atomic E-state index is -4.57. The number of para-hydroxylation sites is 1. The highest BCUT2D eigenvalue weighted by Crippen LogP contribution is 2.33. The fourth-order valence-electron chi connectivity index (χ4n) is 2.36. The summed E-state index contributed by atoms with van der Waals surface area (Å²) in [6, 6.07) is 11.9. The number of nitrogens with one attached hydrogen (secondary N) is 1. The number of halogens is 3. The summed E-state index contributed by atoms with van der Waals surface area (Å²) in [6.07, 6.45) is -4.57. The van der Waals surface area contributed by atoms with E-state index in [9.17, 15) is 18.0 Å². The van der Waals surface area contributed by atoms with Crippen LogP contribution < -0.4 is 5.32 Å². The first-order valence-electron chi connectivity index (χ1n) is 7.18. The maximum atomic E-state index is 13.0. The lowest BCUT2D eigenvalue weighted by Crippen LogP contribution is -2.21. The van der Waals surface area contributed by atoms with E-state index < -0.39 is 17.6 Å². The van der Waals surface area contributed by atoms with Crippen molar-refractivity contribution >= 4 is 11.6 Å². The first-order valence-corrected chi connectivity index (χ1v) is 7.18. The van der Waals surface area contributed by atoms with E-state index in [1.165, 1.54) is 18.2 Å². The number of hydrogen-bond acceptors (Lipinski definition) is 1. The topological polar surface area (TPSA) is 29.1 Å². The molecule has 2 rings (SSSR count). The van der Waals surface area contributed by atoms with Gasteiger partial charge in [0, 0.05) is 5.69 Å². The van der Waals surface area contributed by atoms with Gasteiger partial charge in [-0.2, -0.15) is 13.2 Å². The zero-order valence-electron chi connectivity index (χ0n) is 13.2. The van der Waals surface area contributed by atoms with Crippen LogP contribution in [0.2, 0.25) is 0 Å². The van der Waals surface area contributed by atoms with Crippen LogP contribution in [0.4, 0.5) is 18.9 Å². The van der Waals surface area contributed by atoms with Crippen molar-refractivity contribution in [1.82, 2.24) is 0 Å². The third-order valence-corrected chi connectivity index (χ3v) is 3.46. The molecule has 0 radical (unpaired) electrons. The van der Waals surface area contributed by atoms with E-state index in [2.05, 4.69) is 5.32 Å². The molecule has 2 aromatic rings. The SMILES string of the molecule is CC(C)(C)c1ccccc1NC(=O)c1ccccc1C(F)(F)F. The van der Waals surface area contributed by atoms with Gasteiger partial charge < -0.3 is 5.32 Å². The predicted octanol–water partition coefficient (Wildman–Crippen LogP) is 5.26. The van der Waals surface area contributed by atoms with Crippen LogP contribution in [0, 0.1) is 0 Å². The van der Waals surface area contributed by atoms with Crippen LogP contribution >= 0.6 is 0 Å². The Hall–Kier alpha value is -2.30. The lowest BCUT2D eigenvalue weighted by atomic mass is 9.86. The molecule has 0 heterocycles. The largest absolute Gasteiger partial charge is 0.417 e. The van der Waals surface area contributed by atoms with E-state index in [-0.39, 0.29) is 11.0 Å². The lowest BCUT2D eigenvalue weighted by Gasteiger charge is -2.23. The fourth-order valence-corrected chi connectivity index (χ4v) is 2.36. The molecule has 2 nitrogen and oxygen atoms in total. The fraction of sp³-hybridized carbons (Fsp3) is 0.278. The van der Waals surface area contributed by atoms with Gasteiger partial charge in [0.25, 0.3) is 5.91 Å². The summed E-state index contributed by atoms with van der Waals surface area (Å²) in [4.78, 5) is 12.3. The van der Waals surface area contributed by atoms with E-state index >= 15 is 0 Å². The molecule has 1 N–H and O–H groups in total. The Morgan fingerprint density at radius 2 is 1.39 bits per heavy atom. The zero-order valence-corrected chi connectivity index (χ0v) is 13.2. The second kappa shape index (κ2) is 6.07. The number of anilines is 1. The van der Waals surface area contributed by atoms with E-state index in [1.807, 2.05) is 32.9 Å². The molecule has 0 saturated carbocycles. The predicted molar refractivity (Wildman–Crippen MR) is 84.5 cm³/mol. The number of hydrogen-bond donors (Lipinski definition) is 1. The van der Waals surface area contributed by atoms with Gasteiger partial charge in [0.05, 0.1) is 11.1 Å². The Kier molecular flexibility index (Phi) is 4.50. The molecular weight excluding hydrogens is 303 g/mol. The molecule has 0 fully saturated rings. The third kappa shape index (κ3) is 3.92. The molecular formula is C18H18F3NO. The van der Waals surface area contributed by atoms with E-state index in [0.717, 1.165) is 11.6 Å². The van der Waals surface area contributed by atoms with Crippen LogP contribution in [0.25, 0.3) is 0 Å². The summed E-state index contributed by atoms with van der Waals surface area (Å²) >= 11 is 0. The van der Waals surface area contributed by atoms with Crippen molar-refractivity contribution in [2.45, 2.75) is 32.4 Å². The highest BCUT2D eigenvalue weighted by Gasteiger charge is 2.35. The molecule has 0 spiro atoms. The first-order chi connectivity index (χ1) is 10.6. The Morgan fingerprint density at radius 3 is 1.96 bits per heavy atom. The molecule has 0 aliphatic heterocycles. The second-order valence-corrected chi connectivity index (χ2v) is 6.29. The number of carbonyl (C=O) groups is 1. The number of rotatable bonds is 2. The monoisotopic (exact) mass is 321 g/mol. The van der Waals surface area contributed by atoms with Crippen LogP contribution in [-0.2, 0) is 11.6 Å². The molecule has 122 valence electrons. The van der Waals surface area contributed by atoms with Crippen molar-refractivity contribution in [3.8, 4) is 0 Å². The van der Waals surface area contributed by atoms with Crippen LogP contribution in [0.15, 0.2) is 48.5 Å². The summed E-state index contributed by atoms with van der Waals surface area (Å²) in [7, 11) is 0. The minimum Gasteiger partial charge on any atom is -0.322 e. The van der Waals surface area contributed by atoms with E-state index in [1.54, 1.807) is 12.1 Å². The normalized spacial score (nSPS) is 12.1. The van der Waals surface area contributed by atoms with Crippen molar-refractivity contribution in [2.24, 2.45) is 0 Å². The molecule has 0 saturated heterocycles. The van der Waals surface area contributed by atoms with Gasteiger partial charge in [-0.05, 0) is 29.2 Å².